The highest BCUT2D eigenvalue weighted by Crippen LogP contribution is 2.59. The molecule has 8 heteroatoms. The average Bonchev–Trinajstić information content (AvgIpc) is 3.79. The summed E-state index contributed by atoms with van der Waals surface area (Å²) < 4.78 is 26.0. The van der Waals surface area contributed by atoms with E-state index in [0.29, 0.717) is 101 Å². The van der Waals surface area contributed by atoms with Crippen molar-refractivity contribution in [3.63, 3.8) is 0 Å². The third kappa shape index (κ3) is 5.12. The molecule has 0 fully saturated rings. The number of para-hydroxylation sites is 4. The number of allylic oxidation sites excluding steroid dienone is 1. The molecular weight excluding hydrogens is 789 g/mol. The topological polar surface area (TPSA) is 108 Å². The molecule has 0 unspecified atom stereocenters. The third-order valence-corrected chi connectivity index (χ3v) is 12.5. The number of esters is 2. The largest absolute Gasteiger partial charge is 0.508 e. The van der Waals surface area contributed by atoms with Crippen molar-refractivity contribution in [2.24, 2.45) is 0 Å². The molecule has 300 valence electrons. The highest BCUT2D eigenvalue weighted by Gasteiger charge is 2.56. The number of benzene rings is 8. The molecule has 0 aromatic heterocycles. The lowest BCUT2D eigenvalue weighted by Crippen LogP contribution is -2.32. The van der Waals surface area contributed by atoms with Gasteiger partial charge in [-0.1, -0.05) is 146 Å². The summed E-state index contributed by atoms with van der Waals surface area (Å²) in [5.41, 5.74) is 5.30. The van der Waals surface area contributed by atoms with E-state index in [1.54, 1.807) is 18.2 Å². The van der Waals surface area contributed by atoms with Gasteiger partial charge in [0.1, 0.15) is 28.7 Å². The number of carbonyl (C=O) groups is 3. The normalized spacial score (nSPS) is 15.2. The van der Waals surface area contributed by atoms with E-state index in [1.165, 1.54) is 18.2 Å². The zero-order valence-corrected chi connectivity index (χ0v) is 33.2. The predicted octanol–water partition coefficient (Wildman–Crippen LogP) is 11.8. The van der Waals surface area contributed by atoms with Gasteiger partial charge in [-0.05, 0) is 70.3 Å². The van der Waals surface area contributed by atoms with Crippen molar-refractivity contribution in [2.75, 3.05) is 0 Å². The van der Waals surface area contributed by atoms with Gasteiger partial charge in [0.25, 0.3) is 0 Å². The minimum Gasteiger partial charge on any atom is -0.508 e. The lowest BCUT2D eigenvalue weighted by Gasteiger charge is -2.36. The molecule has 2 spiro atoms. The van der Waals surface area contributed by atoms with E-state index in [4.69, 9.17) is 18.9 Å². The van der Waals surface area contributed by atoms with E-state index in [9.17, 15) is 19.5 Å². The van der Waals surface area contributed by atoms with Crippen LogP contribution in [0.25, 0.3) is 28.3 Å². The molecule has 4 aliphatic heterocycles. The van der Waals surface area contributed by atoms with Crippen LogP contribution in [0, 0.1) is 0 Å². The van der Waals surface area contributed by atoms with E-state index >= 15 is 0 Å². The number of phenols is 1. The molecule has 0 aliphatic carbocycles. The number of carbonyl (C=O) groups excluding carboxylic acids is 3. The molecule has 8 aromatic carbocycles. The molecule has 4 heterocycles. The number of ether oxygens (including phenoxy) is 4. The quantitative estimate of drug-likeness (QED) is 0.104. The van der Waals surface area contributed by atoms with Crippen LogP contribution in [0.4, 0.5) is 0 Å². The van der Waals surface area contributed by atoms with Gasteiger partial charge in [0.15, 0.2) is 17.0 Å². The maximum atomic E-state index is 14.8. The summed E-state index contributed by atoms with van der Waals surface area (Å²) in [6.45, 7) is 0. The second-order valence-electron chi connectivity index (χ2n) is 15.8. The van der Waals surface area contributed by atoms with Gasteiger partial charge in [-0.25, -0.2) is 9.59 Å². The molecule has 0 amide bonds. The van der Waals surface area contributed by atoms with Gasteiger partial charge < -0.3 is 24.1 Å². The first-order valence-corrected chi connectivity index (χ1v) is 20.5. The smallest absolute Gasteiger partial charge is 0.340 e. The molecule has 8 aromatic rings. The van der Waals surface area contributed by atoms with Crippen LogP contribution < -0.4 is 9.47 Å². The third-order valence-electron chi connectivity index (χ3n) is 12.5. The monoisotopic (exact) mass is 820 g/mol. The molecule has 0 radical (unpaired) electrons. The van der Waals surface area contributed by atoms with E-state index < -0.39 is 23.1 Å². The highest BCUT2D eigenvalue weighted by molar-refractivity contribution is 6.11. The summed E-state index contributed by atoms with van der Waals surface area (Å²) >= 11 is 0. The first-order chi connectivity index (χ1) is 30.9. The Bertz CT molecular complexity index is 3250. The van der Waals surface area contributed by atoms with Crippen LogP contribution in [-0.4, -0.2) is 22.8 Å². The minimum absolute atomic E-state index is 0.0298. The number of ketones is 1. The van der Waals surface area contributed by atoms with E-state index in [2.05, 4.69) is 0 Å². The summed E-state index contributed by atoms with van der Waals surface area (Å²) in [6.07, 6.45) is 3.15. The zero-order chi connectivity index (χ0) is 42.5. The van der Waals surface area contributed by atoms with E-state index in [-0.39, 0.29) is 11.5 Å². The Morgan fingerprint density at radius 3 is 1.37 bits per heavy atom. The van der Waals surface area contributed by atoms with Gasteiger partial charge in [-0.15, -0.1) is 0 Å². The summed E-state index contributed by atoms with van der Waals surface area (Å²) in [5, 5.41) is 10.2. The highest BCUT2D eigenvalue weighted by atomic mass is 16.6. The Kier molecular flexibility index (Phi) is 7.80. The van der Waals surface area contributed by atoms with Crippen molar-refractivity contribution in [1.82, 2.24) is 0 Å². The first-order valence-electron chi connectivity index (χ1n) is 20.5. The standard InChI is InChI=1S/C55H32O8/c56-34-15-9-14-33(31-34)44(57)30-29-32-13-10-16-35(36-17-11-23-42-50(36)52(58)62-54(42)38-19-1-5-25-45(38)60-46-26-6-2-20-39(46)54)49(32)37-18-12-24-43-51(37)53(59)63-55(43)40-21-3-7-27-47(40)61-48-28-8-4-22-41(48)55/h1-31,56H/b30-29+. The number of phenolic OH excluding ortho intramolecular Hbond substituents is 1. The molecule has 0 saturated carbocycles. The van der Waals surface area contributed by atoms with Crippen molar-refractivity contribution in [3.05, 3.63) is 238 Å². The second-order valence-corrected chi connectivity index (χ2v) is 15.8. The fraction of sp³-hybridized carbons (Fsp3) is 0.0364. The van der Waals surface area contributed by atoms with Crippen LogP contribution in [0.1, 0.15) is 70.0 Å². The molecule has 8 nitrogen and oxygen atoms in total. The maximum absolute atomic E-state index is 14.8. The summed E-state index contributed by atoms with van der Waals surface area (Å²) in [6, 6.07) is 53.4. The summed E-state index contributed by atoms with van der Waals surface area (Å²) in [4.78, 5) is 43.2. The maximum Gasteiger partial charge on any atom is 0.340 e. The Hall–Kier alpha value is -8.49. The Balaban J connectivity index is 1.12. The van der Waals surface area contributed by atoms with Crippen molar-refractivity contribution in [3.8, 4) is 51.0 Å². The van der Waals surface area contributed by atoms with Crippen molar-refractivity contribution in [2.45, 2.75) is 11.2 Å². The SMILES string of the molecule is O=C(/C=C/c1cccc(-c2cccc3c2C(=O)OC32c3ccccc3Oc3ccccc32)c1-c1cccc2c1C(=O)OC21c2ccccc2Oc2ccccc21)c1cccc(O)c1. The second kappa shape index (κ2) is 13.5. The average molecular weight is 821 g/mol. The first kappa shape index (κ1) is 36.4. The van der Waals surface area contributed by atoms with Crippen LogP contribution in [0.15, 0.2) is 182 Å². The fourth-order valence-electron chi connectivity index (χ4n) is 9.92. The molecule has 0 saturated heterocycles. The molecule has 0 atom stereocenters. The van der Waals surface area contributed by atoms with Gasteiger partial charge in [0.05, 0.1) is 11.1 Å². The predicted molar refractivity (Wildman–Crippen MR) is 235 cm³/mol. The van der Waals surface area contributed by atoms with Gasteiger partial charge in [-0.3, -0.25) is 4.79 Å². The molecule has 1 N–H and O–H groups in total. The van der Waals surface area contributed by atoms with Gasteiger partial charge in [0.2, 0.25) is 0 Å². The zero-order valence-electron chi connectivity index (χ0n) is 33.2. The van der Waals surface area contributed by atoms with E-state index in [1.807, 2.05) is 152 Å². The van der Waals surface area contributed by atoms with Crippen molar-refractivity contribution in [1.29, 1.82) is 0 Å². The Morgan fingerprint density at radius 1 is 0.444 bits per heavy atom. The summed E-state index contributed by atoms with van der Waals surface area (Å²) in [5.74, 6) is 0.866. The van der Waals surface area contributed by atoms with Crippen LogP contribution in [-0.2, 0) is 20.7 Å². The number of hydrogen-bond donors (Lipinski definition) is 1. The molecule has 12 rings (SSSR count). The van der Waals surface area contributed by atoms with Crippen molar-refractivity contribution < 1.29 is 38.4 Å². The number of rotatable bonds is 5. The Labute approximate surface area is 360 Å². The van der Waals surface area contributed by atoms with E-state index in [0.717, 1.165) is 0 Å². The van der Waals surface area contributed by atoms with Crippen molar-refractivity contribution >= 4 is 23.8 Å². The Morgan fingerprint density at radius 2 is 0.857 bits per heavy atom. The molecule has 63 heavy (non-hydrogen) atoms. The molecule has 0 bridgehead atoms. The minimum atomic E-state index is -1.34. The van der Waals surface area contributed by atoms with Crippen LogP contribution >= 0.6 is 0 Å². The number of aromatic hydroxyl groups is 1. The van der Waals surface area contributed by atoms with Gasteiger partial charge >= 0.3 is 11.9 Å². The number of hydrogen-bond acceptors (Lipinski definition) is 8. The summed E-state index contributed by atoms with van der Waals surface area (Å²) in [7, 11) is 0. The fourth-order valence-corrected chi connectivity index (χ4v) is 9.92. The van der Waals surface area contributed by atoms with Crippen LogP contribution in [0.3, 0.4) is 0 Å². The lowest BCUT2D eigenvalue weighted by atomic mass is 9.75. The number of fused-ring (bicyclic) bond motifs is 12. The van der Waals surface area contributed by atoms with Crippen LogP contribution in [0.2, 0.25) is 0 Å². The van der Waals surface area contributed by atoms with Gasteiger partial charge in [0, 0.05) is 38.9 Å². The van der Waals surface area contributed by atoms with Crippen LogP contribution in [0.5, 0.6) is 28.7 Å². The van der Waals surface area contributed by atoms with Gasteiger partial charge in [-0.2, -0.15) is 0 Å². The lowest BCUT2D eigenvalue weighted by molar-refractivity contribution is 0.0214. The molecular formula is C55H32O8. The molecule has 4 aliphatic rings.